The normalized spacial score (nSPS) is 18.2. The second-order valence-electron chi connectivity index (χ2n) is 3.86. The molecular formula is C10H14N2O3. The zero-order chi connectivity index (χ0) is 10.7. The molecule has 0 aromatic carbocycles. The van der Waals surface area contributed by atoms with Crippen molar-refractivity contribution >= 4 is 5.91 Å². The maximum absolute atomic E-state index is 11.4. The molecule has 15 heavy (non-hydrogen) atoms. The molecule has 82 valence electrons. The summed E-state index contributed by atoms with van der Waals surface area (Å²) in [5.41, 5.74) is -0.854. The van der Waals surface area contributed by atoms with Crippen LogP contribution in [0.15, 0.2) is 22.8 Å². The number of nitrogens with one attached hydrogen (secondary N) is 2. The molecule has 0 atom stereocenters. The van der Waals surface area contributed by atoms with E-state index in [1.54, 1.807) is 18.4 Å². The number of furan rings is 1. The first-order valence-corrected chi connectivity index (χ1v) is 4.90. The van der Waals surface area contributed by atoms with Crippen molar-refractivity contribution in [2.24, 2.45) is 0 Å². The Hall–Kier alpha value is -1.33. The third-order valence-corrected chi connectivity index (χ3v) is 2.44. The minimum Gasteiger partial charge on any atom is -0.467 e. The van der Waals surface area contributed by atoms with Gasteiger partial charge in [-0.1, -0.05) is 0 Å². The molecule has 0 saturated carbocycles. The van der Waals surface area contributed by atoms with E-state index in [1.165, 1.54) is 0 Å². The first kappa shape index (κ1) is 10.2. The SMILES string of the molecule is O=C(CC1(O)CNC1)NCc1ccco1. The Morgan fingerprint density at radius 2 is 2.47 bits per heavy atom. The van der Waals surface area contributed by atoms with Crippen molar-refractivity contribution < 1.29 is 14.3 Å². The molecule has 2 heterocycles. The monoisotopic (exact) mass is 210 g/mol. The van der Waals surface area contributed by atoms with Gasteiger partial charge >= 0.3 is 0 Å². The zero-order valence-corrected chi connectivity index (χ0v) is 8.32. The lowest BCUT2D eigenvalue weighted by Gasteiger charge is -2.36. The van der Waals surface area contributed by atoms with Gasteiger partial charge in [0.25, 0.3) is 0 Å². The fourth-order valence-electron chi connectivity index (χ4n) is 1.50. The lowest BCUT2D eigenvalue weighted by atomic mass is 9.93. The molecule has 1 aliphatic rings. The molecule has 0 bridgehead atoms. The Kier molecular flexibility index (Phi) is 2.75. The highest BCUT2D eigenvalue weighted by molar-refractivity contribution is 5.77. The van der Waals surface area contributed by atoms with E-state index in [9.17, 15) is 9.90 Å². The summed E-state index contributed by atoms with van der Waals surface area (Å²) in [6, 6.07) is 3.56. The van der Waals surface area contributed by atoms with E-state index < -0.39 is 5.60 Å². The van der Waals surface area contributed by atoms with Crippen molar-refractivity contribution in [1.82, 2.24) is 10.6 Å². The summed E-state index contributed by atoms with van der Waals surface area (Å²) >= 11 is 0. The van der Waals surface area contributed by atoms with Crippen LogP contribution in [0, 0.1) is 0 Å². The molecule has 5 heteroatoms. The van der Waals surface area contributed by atoms with Gasteiger partial charge in [0, 0.05) is 13.1 Å². The fourth-order valence-corrected chi connectivity index (χ4v) is 1.50. The van der Waals surface area contributed by atoms with Crippen LogP contribution in [0.5, 0.6) is 0 Å². The number of aliphatic hydroxyl groups is 1. The maximum atomic E-state index is 11.4. The largest absolute Gasteiger partial charge is 0.467 e. The number of hydrogen-bond donors (Lipinski definition) is 3. The minimum atomic E-state index is -0.854. The van der Waals surface area contributed by atoms with Crippen molar-refractivity contribution in [3.8, 4) is 0 Å². The van der Waals surface area contributed by atoms with Gasteiger partial charge in [-0.2, -0.15) is 0 Å². The Labute approximate surface area is 87.5 Å². The molecule has 0 spiro atoms. The number of carbonyl (C=O) groups excluding carboxylic acids is 1. The second-order valence-corrected chi connectivity index (χ2v) is 3.86. The molecular weight excluding hydrogens is 196 g/mol. The van der Waals surface area contributed by atoms with Crippen LogP contribution >= 0.6 is 0 Å². The fraction of sp³-hybridized carbons (Fsp3) is 0.500. The summed E-state index contributed by atoms with van der Waals surface area (Å²) in [4.78, 5) is 11.4. The molecule has 2 rings (SSSR count). The van der Waals surface area contributed by atoms with Gasteiger partial charge in [0.15, 0.2) is 0 Å². The van der Waals surface area contributed by atoms with Crippen LogP contribution in [0.3, 0.4) is 0 Å². The molecule has 1 amide bonds. The van der Waals surface area contributed by atoms with E-state index in [0.29, 0.717) is 25.4 Å². The van der Waals surface area contributed by atoms with E-state index in [0.717, 1.165) is 0 Å². The molecule has 0 aliphatic carbocycles. The van der Waals surface area contributed by atoms with Gasteiger partial charge in [-0.25, -0.2) is 0 Å². The minimum absolute atomic E-state index is 0.140. The molecule has 0 radical (unpaired) electrons. The lowest BCUT2D eigenvalue weighted by Crippen LogP contribution is -2.61. The van der Waals surface area contributed by atoms with Crippen LogP contribution in [0.1, 0.15) is 12.2 Å². The first-order chi connectivity index (χ1) is 7.18. The number of rotatable bonds is 4. The molecule has 1 aromatic rings. The molecule has 1 aliphatic heterocycles. The van der Waals surface area contributed by atoms with Crippen LogP contribution < -0.4 is 10.6 Å². The molecule has 1 fully saturated rings. The van der Waals surface area contributed by atoms with Gasteiger partial charge in [-0.3, -0.25) is 4.79 Å². The van der Waals surface area contributed by atoms with Gasteiger partial charge in [0.1, 0.15) is 5.76 Å². The van der Waals surface area contributed by atoms with Gasteiger partial charge in [0.05, 0.1) is 24.8 Å². The van der Waals surface area contributed by atoms with Crippen LogP contribution in [0.4, 0.5) is 0 Å². The Bertz CT molecular complexity index is 330. The highest BCUT2D eigenvalue weighted by Gasteiger charge is 2.36. The summed E-state index contributed by atoms with van der Waals surface area (Å²) in [6.07, 6.45) is 1.70. The van der Waals surface area contributed by atoms with Crippen molar-refractivity contribution in [2.45, 2.75) is 18.6 Å². The molecule has 1 saturated heterocycles. The molecule has 3 N–H and O–H groups in total. The Morgan fingerprint density at radius 3 is 3.00 bits per heavy atom. The summed E-state index contributed by atoms with van der Waals surface area (Å²) in [5, 5.41) is 15.3. The quantitative estimate of drug-likeness (QED) is 0.633. The van der Waals surface area contributed by atoms with Gasteiger partial charge in [-0.15, -0.1) is 0 Å². The zero-order valence-electron chi connectivity index (χ0n) is 8.32. The van der Waals surface area contributed by atoms with Crippen LogP contribution in [0.25, 0.3) is 0 Å². The summed E-state index contributed by atoms with van der Waals surface area (Å²) in [5.74, 6) is 0.553. The number of hydrogen-bond acceptors (Lipinski definition) is 4. The average molecular weight is 210 g/mol. The highest BCUT2D eigenvalue weighted by atomic mass is 16.3. The Morgan fingerprint density at radius 1 is 1.67 bits per heavy atom. The van der Waals surface area contributed by atoms with Crippen molar-refractivity contribution in [1.29, 1.82) is 0 Å². The van der Waals surface area contributed by atoms with E-state index in [1.807, 2.05) is 0 Å². The van der Waals surface area contributed by atoms with E-state index in [4.69, 9.17) is 4.42 Å². The van der Waals surface area contributed by atoms with Crippen molar-refractivity contribution in [3.05, 3.63) is 24.2 Å². The third-order valence-electron chi connectivity index (χ3n) is 2.44. The van der Waals surface area contributed by atoms with Gasteiger partial charge in [-0.05, 0) is 12.1 Å². The van der Waals surface area contributed by atoms with Gasteiger partial charge < -0.3 is 20.2 Å². The predicted molar refractivity (Wildman–Crippen MR) is 53.0 cm³/mol. The molecule has 0 unspecified atom stereocenters. The number of β-amino-alcohol motifs (C(OH)–C–C–N with tert-alkyl or cyclic N) is 1. The van der Waals surface area contributed by atoms with Crippen LogP contribution in [-0.4, -0.2) is 29.7 Å². The smallest absolute Gasteiger partial charge is 0.223 e. The van der Waals surface area contributed by atoms with Gasteiger partial charge in [0.2, 0.25) is 5.91 Å². The predicted octanol–water partition coefficient (Wildman–Crippen LogP) is -0.380. The lowest BCUT2D eigenvalue weighted by molar-refractivity contribution is -0.128. The van der Waals surface area contributed by atoms with Crippen LogP contribution in [-0.2, 0) is 11.3 Å². The molecule has 5 nitrogen and oxygen atoms in total. The second kappa shape index (κ2) is 4.04. The third kappa shape index (κ3) is 2.57. The van der Waals surface area contributed by atoms with Crippen molar-refractivity contribution in [2.75, 3.05) is 13.1 Å². The Balaban J connectivity index is 1.73. The highest BCUT2D eigenvalue weighted by Crippen LogP contribution is 2.14. The number of carbonyl (C=O) groups is 1. The maximum Gasteiger partial charge on any atom is 0.223 e. The van der Waals surface area contributed by atoms with Crippen molar-refractivity contribution in [3.63, 3.8) is 0 Å². The topological polar surface area (TPSA) is 74.5 Å². The number of amides is 1. The first-order valence-electron chi connectivity index (χ1n) is 4.90. The summed E-state index contributed by atoms with van der Waals surface area (Å²) in [6.45, 7) is 1.34. The van der Waals surface area contributed by atoms with Crippen LogP contribution in [0.2, 0.25) is 0 Å². The van der Waals surface area contributed by atoms with E-state index in [2.05, 4.69) is 10.6 Å². The molecule has 1 aromatic heterocycles. The van der Waals surface area contributed by atoms with E-state index >= 15 is 0 Å². The summed E-state index contributed by atoms with van der Waals surface area (Å²) < 4.78 is 5.06. The summed E-state index contributed by atoms with van der Waals surface area (Å²) in [7, 11) is 0. The standard InChI is InChI=1S/C10H14N2O3/c13-9(4-10(14)6-11-7-10)12-5-8-2-1-3-15-8/h1-3,11,14H,4-7H2,(H,12,13). The van der Waals surface area contributed by atoms with E-state index in [-0.39, 0.29) is 12.3 Å². The average Bonchev–Trinajstić information content (AvgIpc) is 2.64.